The maximum atomic E-state index is 4.62. The van der Waals surface area contributed by atoms with Crippen LogP contribution in [0.1, 0.15) is 58.8 Å². The van der Waals surface area contributed by atoms with Crippen molar-refractivity contribution in [3.8, 4) is 0 Å². The first-order valence-electron chi connectivity index (χ1n) is 8.11. The summed E-state index contributed by atoms with van der Waals surface area (Å²) in [6.07, 6.45) is 9.73. The van der Waals surface area contributed by atoms with E-state index in [2.05, 4.69) is 36.5 Å². The largest absolute Gasteiger partial charge is 0.372 e. The number of amidine groups is 1. The summed E-state index contributed by atoms with van der Waals surface area (Å²) in [5.41, 5.74) is 0.548. The number of aliphatic imine (C=N–C) groups is 1. The molecule has 19 heavy (non-hydrogen) atoms. The van der Waals surface area contributed by atoms with Crippen LogP contribution < -0.4 is 10.6 Å². The van der Waals surface area contributed by atoms with Crippen LogP contribution in [0, 0.1) is 11.3 Å². The molecule has 1 fully saturated rings. The normalized spacial score (nSPS) is 25.5. The molecule has 0 spiro atoms. The molecule has 3 nitrogen and oxygen atoms in total. The van der Waals surface area contributed by atoms with Gasteiger partial charge in [0.1, 0.15) is 0 Å². The first-order valence-corrected chi connectivity index (χ1v) is 8.11. The summed E-state index contributed by atoms with van der Waals surface area (Å²) in [5.74, 6) is 1.87. The Morgan fingerprint density at radius 3 is 2.53 bits per heavy atom. The summed E-state index contributed by atoms with van der Waals surface area (Å²) in [4.78, 5) is 4.62. The molecule has 0 saturated heterocycles. The fraction of sp³-hybridized carbons (Fsp3) is 0.938. The van der Waals surface area contributed by atoms with Gasteiger partial charge in [-0.05, 0) is 45.1 Å². The van der Waals surface area contributed by atoms with E-state index in [0.717, 1.165) is 13.1 Å². The lowest BCUT2D eigenvalue weighted by molar-refractivity contribution is 0.131. The minimum atomic E-state index is 0.548. The standard InChI is InChI=1S/C16H31N3/c1-13(15-18-9-10-19-15)11-16(12-14(2)17-3)7-5-4-6-8-16/h13-14,17H,4-12H2,1-3H3,(H,18,19)/t13-,14+/m0/s1. The van der Waals surface area contributed by atoms with Crippen LogP contribution in [0.4, 0.5) is 0 Å². The van der Waals surface area contributed by atoms with E-state index in [1.807, 2.05) is 0 Å². The van der Waals surface area contributed by atoms with Gasteiger partial charge in [-0.15, -0.1) is 0 Å². The summed E-state index contributed by atoms with van der Waals surface area (Å²) in [6, 6.07) is 0.628. The average molecular weight is 265 g/mol. The van der Waals surface area contributed by atoms with Crippen molar-refractivity contribution in [3.63, 3.8) is 0 Å². The molecule has 0 aromatic carbocycles. The van der Waals surface area contributed by atoms with Gasteiger partial charge in [-0.3, -0.25) is 4.99 Å². The van der Waals surface area contributed by atoms with E-state index in [9.17, 15) is 0 Å². The zero-order chi connectivity index (χ0) is 13.7. The highest BCUT2D eigenvalue weighted by molar-refractivity contribution is 5.85. The third-order valence-corrected chi connectivity index (χ3v) is 5.05. The average Bonchev–Trinajstić information content (AvgIpc) is 2.93. The van der Waals surface area contributed by atoms with E-state index in [1.54, 1.807) is 0 Å². The predicted octanol–water partition coefficient (Wildman–Crippen LogP) is 2.96. The summed E-state index contributed by atoms with van der Waals surface area (Å²) >= 11 is 0. The molecular weight excluding hydrogens is 234 g/mol. The van der Waals surface area contributed by atoms with Crippen LogP contribution in [-0.2, 0) is 0 Å². The number of hydrogen-bond acceptors (Lipinski definition) is 3. The maximum Gasteiger partial charge on any atom is 0.0993 e. The van der Waals surface area contributed by atoms with Crippen LogP contribution in [0.15, 0.2) is 4.99 Å². The molecule has 0 bridgehead atoms. The fourth-order valence-electron chi connectivity index (χ4n) is 4.04. The van der Waals surface area contributed by atoms with Crippen molar-refractivity contribution < 1.29 is 0 Å². The second-order valence-electron chi connectivity index (χ2n) is 6.75. The second-order valence-corrected chi connectivity index (χ2v) is 6.75. The van der Waals surface area contributed by atoms with E-state index < -0.39 is 0 Å². The van der Waals surface area contributed by atoms with Crippen LogP contribution in [-0.4, -0.2) is 32.0 Å². The Bertz CT molecular complexity index is 305. The van der Waals surface area contributed by atoms with Crippen LogP contribution in [0.5, 0.6) is 0 Å². The molecule has 0 amide bonds. The Morgan fingerprint density at radius 2 is 1.95 bits per heavy atom. The highest BCUT2D eigenvalue weighted by Gasteiger charge is 2.35. The zero-order valence-corrected chi connectivity index (χ0v) is 13.0. The lowest BCUT2D eigenvalue weighted by atomic mass is 9.66. The van der Waals surface area contributed by atoms with Gasteiger partial charge >= 0.3 is 0 Å². The molecule has 1 heterocycles. The van der Waals surface area contributed by atoms with Crippen molar-refractivity contribution in [2.45, 2.75) is 64.8 Å². The number of nitrogens with zero attached hydrogens (tertiary/aromatic N) is 1. The molecular formula is C16H31N3. The first-order chi connectivity index (χ1) is 9.15. The van der Waals surface area contributed by atoms with Gasteiger partial charge in [-0.2, -0.15) is 0 Å². The molecule has 2 N–H and O–H groups in total. The van der Waals surface area contributed by atoms with Gasteiger partial charge < -0.3 is 10.6 Å². The highest BCUT2D eigenvalue weighted by atomic mass is 15.1. The van der Waals surface area contributed by atoms with Gasteiger partial charge in [-0.1, -0.05) is 26.2 Å². The minimum Gasteiger partial charge on any atom is -0.372 e. The quantitative estimate of drug-likeness (QED) is 0.774. The molecule has 110 valence electrons. The second kappa shape index (κ2) is 6.74. The lowest BCUT2D eigenvalue weighted by Crippen LogP contribution is -2.37. The molecule has 0 unspecified atom stereocenters. The number of rotatable bonds is 6. The van der Waals surface area contributed by atoms with Crippen LogP contribution in [0.3, 0.4) is 0 Å². The van der Waals surface area contributed by atoms with Gasteiger partial charge in [0.15, 0.2) is 0 Å². The highest BCUT2D eigenvalue weighted by Crippen LogP contribution is 2.45. The van der Waals surface area contributed by atoms with Crippen LogP contribution in [0.25, 0.3) is 0 Å². The third kappa shape index (κ3) is 3.95. The summed E-state index contributed by atoms with van der Waals surface area (Å²) in [7, 11) is 2.09. The summed E-state index contributed by atoms with van der Waals surface area (Å²) < 4.78 is 0. The smallest absolute Gasteiger partial charge is 0.0993 e. The molecule has 1 saturated carbocycles. The molecule has 2 aliphatic rings. The van der Waals surface area contributed by atoms with Gasteiger partial charge in [0.25, 0.3) is 0 Å². The van der Waals surface area contributed by atoms with Crippen molar-refractivity contribution >= 4 is 5.84 Å². The Kier molecular flexibility index (Phi) is 5.26. The van der Waals surface area contributed by atoms with Crippen molar-refractivity contribution in [2.75, 3.05) is 20.1 Å². The molecule has 0 aromatic heterocycles. The van der Waals surface area contributed by atoms with E-state index in [1.165, 1.54) is 50.8 Å². The Balaban J connectivity index is 2.00. The van der Waals surface area contributed by atoms with Gasteiger partial charge in [0.2, 0.25) is 0 Å². The topological polar surface area (TPSA) is 36.4 Å². The third-order valence-electron chi connectivity index (χ3n) is 5.05. The molecule has 0 radical (unpaired) electrons. The minimum absolute atomic E-state index is 0.548. The predicted molar refractivity (Wildman–Crippen MR) is 82.7 cm³/mol. The van der Waals surface area contributed by atoms with Crippen LogP contribution in [0.2, 0.25) is 0 Å². The van der Waals surface area contributed by atoms with Gasteiger partial charge in [0, 0.05) is 18.5 Å². The SMILES string of the molecule is CN[C@H](C)CC1(C[C@H](C)C2=NCCN2)CCCCC1. The Hall–Kier alpha value is -0.570. The molecule has 0 aromatic rings. The van der Waals surface area contributed by atoms with Crippen molar-refractivity contribution in [1.82, 2.24) is 10.6 Å². The molecule has 3 heteroatoms. The summed E-state index contributed by atoms with van der Waals surface area (Å²) in [6.45, 7) is 6.70. The van der Waals surface area contributed by atoms with Crippen LogP contribution >= 0.6 is 0 Å². The molecule has 2 rings (SSSR count). The van der Waals surface area contributed by atoms with Crippen molar-refractivity contribution in [1.29, 1.82) is 0 Å². The first kappa shape index (κ1) is 14.8. The molecule has 1 aliphatic carbocycles. The molecule has 2 atom stereocenters. The molecule has 1 aliphatic heterocycles. The van der Waals surface area contributed by atoms with Gasteiger partial charge in [-0.25, -0.2) is 0 Å². The summed E-state index contributed by atoms with van der Waals surface area (Å²) in [5, 5.41) is 6.90. The number of hydrogen-bond donors (Lipinski definition) is 2. The Labute approximate surface area is 118 Å². The van der Waals surface area contributed by atoms with Gasteiger partial charge in [0.05, 0.1) is 12.4 Å². The van der Waals surface area contributed by atoms with E-state index in [0.29, 0.717) is 17.4 Å². The fourth-order valence-corrected chi connectivity index (χ4v) is 4.04. The van der Waals surface area contributed by atoms with Crippen molar-refractivity contribution in [2.24, 2.45) is 16.3 Å². The van der Waals surface area contributed by atoms with Crippen molar-refractivity contribution in [3.05, 3.63) is 0 Å². The Morgan fingerprint density at radius 1 is 1.21 bits per heavy atom. The maximum absolute atomic E-state index is 4.62. The van der Waals surface area contributed by atoms with E-state index in [4.69, 9.17) is 0 Å². The van der Waals surface area contributed by atoms with E-state index in [-0.39, 0.29) is 0 Å². The van der Waals surface area contributed by atoms with E-state index >= 15 is 0 Å². The zero-order valence-electron chi connectivity index (χ0n) is 13.0. The lowest BCUT2D eigenvalue weighted by Gasteiger charge is -2.41. The monoisotopic (exact) mass is 265 g/mol. The number of nitrogens with one attached hydrogen (secondary N) is 2.